The molecule has 0 radical (unpaired) electrons. The van der Waals surface area contributed by atoms with Crippen LogP contribution in [-0.4, -0.2) is 45.5 Å². The lowest BCUT2D eigenvalue weighted by Gasteiger charge is -2.31. The van der Waals surface area contributed by atoms with E-state index >= 15 is 0 Å². The molecule has 0 fully saturated rings. The normalized spacial score (nSPS) is 12.3. The Labute approximate surface area is 106 Å². The summed E-state index contributed by atoms with van der Waals surface area (Å²) in [6.07, 6.45) is 5.23. The Morgan fingerprint density at radius 3 is 2.83 bits per heavy atom. The van der Waals surface area contributed by atoms with Crippen molar-refractivity contribution in [1.82, 2.24) is 19.3 Å². The first-order valence-electron chi connectivity index (χ1n) is 5.79. The number of likely N-dealkylation sites (N-methyl/N-ethyl adjacent to an activating group) is 1. The van der Waals surface area contributed by atoms with Gasteiger partial charge in [-0.3, -0.25) is 4.40 Å². The molecule has 0 saturated heterocycles. The standard InChI is InChI=1S/C12H19N5O/c1-12(2,16(3)4)8-18-11-10-14-5-6-17(10)7-9(13)15-11/h5-7H,8,13H2,1-4H3. The molecule has 2 aromatic rings. The molecule has 0 unspecified atom stereocenters. The molecule has 6 nitrogen and oxygen atoms in total. The largest absolute Gasteiger partial charge is 0.473 e. The first kappa shape index (κ1) is 12.6. The van der Waals surface area contributed by atoms with Crippen molar-refractivity contribution in [2.45, 2.75) is 19.4 Å². The lowest BCUT2D eigenvalue weighted by molar-refractivity contribution is 0.112. The molecule has 2 heterocycles. The molecule has 6 heteroatoms. The molecular weight excluding hydrogens is 230 g/mol. The van der Waals surface area contributed by atoms with E-state index in [1.54, 1.807) is 16.8 Å². The van der Waals surface area contributed by atoms with Crippen molar-refractivity contribution >= 4 is 11.5 Å². The van der Waals surface area contributed by atoms with Crippen LogP contribution >= 0.6 is 0 Å². The average molecular weight is 249 g/mol. The van der Waals surface area contributed by atoms with Crippen LogP contribution in [0, 0.1) is 0 Å². The number of aromatic nitrogens is 3. The molecule has 2 rings (SSSR count). The van der Waals surface area contributed by atoms with Crippen molar-refractivity contribution in [2.24, 2.45) is 0 Å². The second-order valence-electron chi connectivity index (χ2n) is 5.12. The van der Waals surface area contributed by atoms with E-state index in [-0.39, 0.29) is 5.54 Å². The fourth-order valence-electron chi connectivity index (χ4n) is 1.39. The van der Waals surface area contributed by atoms with Crippen molar-refractivity contribution < 1.29 is 4.74 Å². The average Bonchev–Trinajstić information content (AvgIpc) is 2.73. The van der Waals surface area contributed by atoms with Gasteiger partial charge in [0.1, 0.15) is 12.4 Å². The second-order valence-corrected chi connectivity index (χ2v) is 5.12. The van der Waals surface area contributed by atoms with Crippen LogP contribution in [0.2, 0.25) is 0 Å². The van der Waals surface area contributed by atoms with Crippen molar-refractivity contribution in [2.75, 3.05) is 26.4 Å². The van der Waals surface area contributed by atoms with Gasteiger partial charge < -0.3 is 15.4 Å². The first-order chi connectivity index (χ1) is 8.40. The van der Waals surface area contributed by atoms with Crippen LogP contribution in [0.5, 0.6) is 5.88 Å². The van der Waals surface area contributed by atoms with E-state index in [0.29, 0.717) is 24.0 Å². The zero-order valence-corrected chi connectivity index (χ0v) is 11.2. The van der Waals surface area contributed by atoms with Gasteiger partial charge in [-0.25, -0.2) is 4.98 Å². The lowest BCUT2D eigenvalue weighted by Crippen LogP contribution is -2.43. The summed E-state index contributed by atoms with van der Waals surface area (Å²) in [6, 6.07) is 0. The van der Waals surface area contributed by atoms with Crippen LogP contribution in [0.1, 0.15) is 13.8 Å². The summed E-state index contributed by atoms with van der Waals surface area (Å²) in [6.45, 7) is 4.71. The van der Waals surface area contributed by atoms with Gasteiger partial charge in [-0.2, -0.15) is 4.98 Å². The molecule has 0 aromatic carbocycles. The van der Waals surface area contributed by atoms with E-state index in [0.717, 1.165) is 0 Å². The van der Waals surface area contributed by atoms with E-state index in [4.69, 9.17) is 10.5 Å². The summed E-state index contributed by atoms with van der Waals surface area (Å²) in [7, 11) is 4.03. The summed E-state index contributed by atoms with van der Waals surface area (Å²) in [5.74, 6) is 0.882. The van der Waals surface area contributed by atoms with E-state index < -0.39 is 0 Å². The van der Waals surface area contributed by atoms with Gasteiger partial charge in [-0.15, -0.1) is 0 Å². The van der Waals surface area contributed by atoms with Crippen molar-refractivity contribution in [3.8, 4) is 5.88 Å². The molecule has 0 spiro atoms. The van der Waals surface area contributed by atoms with Crippen LogP contribution in [0.4, 0.5) is 5.82 Å². The van der Waals surface area contributed by atoms with Gasteiger partial charge in [0.25, 0.3) is 5.88 Å². The Kier molecular flexibility index (Phi) is 3.13. The van der Waals surface area contributed by atoms with Gasteiger partial charge >= 0.3 is 0 Å². The summed E-state index contributed by atoms with van der Waals surface area (Å²) in [5.41, 5.74) is 6.32. The number of hydrogen-bond acceptors (Lipinski definition) is 5. The number of rotatable bonds is 4. The maximum Gasteiger partial charge on any atom is 0.260 e. The highest BCUT2D eigenvalue weighted by Crippen LogP contribution is 2.19. The Balaban J connectivity index is 2.24. The fraction of sp³-hybridized carbons (Fsp3) is 0.500. The van der Waals surface area contributed by atoms with E-state index in [2.05, 4.69) is 28.7 Å². The van der Waals surface area contributed by atoms with Crippen LogP contribution in [-0.2, 0) is 0 Å². The van der Waals surface area contributed by atoms with E-state index in [1.165, 1.54) is 0 Å². The Morgan fingerprint density at radius 2 is 2.17 bits per heavy atom. The molecule has 2 aromatic heterocycles. The topological polar surface area (TPSA) is 68.7 Å². The van der Waals surface area contributed by atoms with Gasteiger partial charge in [-0.1, -0.05) is 0 Å². The van der Waals surface area contributed by atoms with Crippen LogP contribution in [0.15, 0.2) is 18.6 Å². The van der Waals surface area contributed by atoms with Crippen LogP contribution in [0.3, 0.4) is 0 Å². The third-order valence-corrected chi connectivity index (χ3v) is 3.13. The third-order valence-electron chi connectivity index (χ3n) is 3.13. The third kappa shape index (κ3) is 2.38. The highest BCUT2D eigenvalue weighted by Gasteiger charge is 2.22. The molecular formula is C12H19N5O. The monoisotopic (exact) mass is 249 g/mol. The van der Waals surface area contributed by atoms with Gasteiger partial charge in [0.05, 0.1) is 6.20 Å². The Morgan fingerprint density at radius 1 is 1.44 bits per heavy atom. The highest BCUT2D eigenvalue weighted by atomic mass is 16.5. The van der Waals surface area contributed by atoms with E-state index in [1.807, 2.05) is 20.3 Å². The highest BCUT2D eigenvalue weighted by molar-refractivity contribution is 5.52. The first-order valence-corrected chi connectivity index (χ1v) is 5.79. The smallest absolute Gasteiger partial charge is 0.260 e. The number of nitrogen functional groups attached to an aromatic ring is 1. The number of anilines is 1. The van der Waals surface area contributed by atoms with Gasteiger partial charge in [-0.05, 0) is 27.9 Å². The zero-order chi connectivity index (χ0) is 13.3. The molecule has 0 bridgehead atoms. The number of nitrogens with two attached hydrogens (primary N) is 1. The van der Waals surface area contributed by atoms with Gasteiger partial charge in [0, 0.05) is 17.9 Å². The molecule has 2 N–H and O–H groups in total. The predicted molar refractivity (Wildman–Crippen MR) is 70.7 cm³/mol. The SMILES string of the molecule is CN(C)C(C)(C)COc1nc(N)cn2ccnc12. The molecule has 0 aliphatic rings. The van der Waals surface area contributed by atoms with Crippen molar-refractivity contribution in [3.05, 3.63) is 18.6 Å². The summed E-state index contributed by atoms with van der Waals surface area (Å²) < 4.78 is 7.57. The van der Waals surface area contributed by atoms with E-state index in [9.17, 15) is 0 Å². The molecule has 0 saturated carbocycles. The fourth-order valence-corrected chi connectivity index (χ4v) is 1.39. The van der Waals surface area contributed by atoms with Crippen molar-refractivity contribution in [1.29, 1.82) is 0 Å². The number of hydrogen-bond donors (Lipinski definition) is 1. The summed E-state index contributed by atoms with van der Waals surface area (Å²) >= 11 is 0. The number of imidazole rings is 1. The van der Waals surface area contributed by atoms with Crippen molar-refractivity contribution in [3.63, 3.8) is 0 Å². The Bertz CT molecular complexity index is 546. The van der Waals surface area contributed by atoms with Crippen LogP contribution in [0.25, 0.3) is 5.65 Å². The molecule has 0 atom stereocenters. The molecule has 0 aliphatic heterocycles. The quantitative estimate of drug-likeness (QED) is 0.876. The van der Waals surface area contributed by atoms with Gasteiger partial charge in [0.2, 0.25) is 5.65 Å². The molecule has 98 valence electrons. The zero-order valence-electron chi connectivity index (χ0n) is 11.2. The minimum atomic E-state index is -0.0874. The summed E-state index contributed by atoms with van der Waals surface area (Å²) in [4.78, 5) is 10.5. The number of nitrogens with zero attached hydrogens (tertiary/aromatic N) is 4. The van der Waals surface area contributed by atoms with Gasteiger partial charge in [0.15, 0.2) is 0 Å². The summed E-state index contributed by atoms with van der Waals surface area (Å²) in [5, 5.41) is 0. The molecule has 0 aliphatic carbocycles. The lowest BCUT2D eigenvalue weighted by atomic mass is 10.1. The molecule has 18 heavy (non-hydrogen) atoms. The minimum absolute atomic E-state index is 0.0874. The van der Waals surface area contributed by atoms with Crippen LogP contribution < -0.4 is 10.5 Å². The predicted octanol–water partition coefficient (Wildman–Crippen LogP) is 1.03. The second kappa shape index (κ2) is 4.45. The number of fused-ring (bicyclic) bond motifs is 1. The Hall–Kier alpha value is -1.82. The maximum absolute atomic E-state index is 5.77. The maximum atomic E-state index is 5.77. The number of ether oxygens (including phenoxy) is 1. The molecule has 0 amide bonds. The minimum Gasteiger partial charge on any atom is -0.473 e.